The van der Waals surface area contributed by atoms with Crippen LogP contribution in [0.2, 0.25) is 0 Å². The fraction of sp³-hybridized carbons (Fsp3) is 0.143. The van der Waals surface area contributed by atoms with Crippen molar-refractivity contribution in [3.8, 4) is 11.5 Å². The third-order valence-corrected chi connectivity index (χ3v) is 2.28. The average molecular weight is 476 g/mol. The maximum Gasteiger partial charge on any atom is 0.120 e. The van der Waals surface area contributed by atoms with Crippen LogP contribution in [0.15, 0.2) is 48.5 Å². The van der Waals surface area contributed by atoms with Crippen LogP contribution in [-0.4, -0.2) is 27.7 Å². The fourth-order valence-corrected chi connectivity index (χ4v) is 1.31. The van der Waals surface area contributed by atoms with Crippen molar-refractivity contribution >= 4 is 0 Å². The van der Waals surface area contributed by atoms with Crippen molar-refractivity contribution in [1.29, 1.82) is 0 Å². The minimum Gasteiger partial charge on any atom is -0.534 e. The summed E-state index contributed by atoms with van der Waals surface area (Å²) in [5.74, 6) is 0.410. The molecule has 0 aromatic heterocycles. The summed E-state index contributed by atoms with van der Waals surface area (Å²) >= 11 is 0. The van der Waals surface area contributed by atoms with E-state index in [1.165, 1.54) is 0 Å². The fourth-order valence-electron chi connectivity index (χ4n) is 1.31. The van der Waals surface area contributed by atoms with Gasteiger partial charge in [-0.05, 0) is 6.07 Å². The Morgan fingerprint density at radius 3 is 1.95 bits per heavy atom. The molecule has 122 valence electrons. The molecular weight excluding hydrogens is 455 g/mol. The predicted molar refractivity (Wildman–Crippen MR) is 78.3 cm³/mol. The molecule has 0 heterocycles. The Balaban J connectivity index is -0.000000288. The van der Waals surface area contributed by atoms with E-state index in [2.05, 4.69) is 6.07 Å². The van der Waals surface area contributed by atoms with Gasteiger partial charge in [0.05, 0.1) is 0 Å². The Morgan fingerprint density at radius 1 is 1.00 bits per heavy atom. The van der Waals surface area contributed by atoms with Crippen LogP contribution < -0.4 is 11.5 Å². The first-order chi connectivity index (χ1) is 8.65. The second kappa shape index (κ2) is 13.5. The Morgan fingerprint density at radius 2 is 1.57 bits per heavy atom. The molecule has 0 saturated heterocycles. The Kier molecular flexibility index (Phi) is 15.9. The molecule has 10 N–H and O–H groups in total. The molecule has 1 unspecified atom stereocenters. The van der Waals surface area contributed by atoms with Crippen LogP contribution in [0.1, 0.15) is 11.6 Å². The van der Waals surface area contributed by atoms with Crippen LogP contribution in [0.4, 0.5) is 0 Å². The third-order valence-electron chi connectivity index (χ3n) is 2.28. The summed E-state index contributed by atoms with van der Waals surface area (Å²) in [6, 6.07) is 16.1. The number of nitrogens with two attached hydrogens (primary N) is 2. The monoisotopic (exact) mass is 476 g/mol. The van der Waals surface area contributed by atoms with Crippen LogP contribution in [0.25, 0.3) is 0 Å². The van der Waals surface area contributed by atoms with Crippen LogP contribution in [0.3, 0.4) is 0 Å². The van der Waals surface area contributed by atoms with Gasteiger partial charge in [0.2, 0.25) is 0 Å². The molecule has 2 aromatic rings. The number of para-hydroxylation sites is 2. The van der Waals surface area contributed by atoms with Gasteiger partial charge in [0.15, 0.2) is 0 Å². The molecule has 6 nitrogen and oxygen atoms in total. The predicted octanol–water partition coefficient (Wildman–Crippen LogP) is -0.109. The Labute approximate surface area is 138 Å². The van der Waals surface area contributed by atoms with Crippen molar-refractivity contribution in [2.24, 2.45) is 11.5 Å². The zero-order chi connectivity index (χ0) is 13.4. The van der Waals surface area contributed by atoms with Gasteiger partial charge in [0.25, 0.3) is 0 Å². The summed E-state index contributed by atoms with van der Waals surface area (Å²) in [4.78, 5) is 0. The maximum atomic E-state index is 9.28. The zero-order valence-corrected chi connectivity index (χ0v) is 13.5. The van der Waals surface area contributed by atoms with E-state index in [-0.39, 0.29) is 49.6 Å². The Hall–Kier alpha value is -1.43. The molecule has 0 fully saturated rings. The van der Waals surface area contributed by atoms with E-state index < -0.39 is 0 Å². The number of hydrogen-bond acceptors (Lipinski definition) is 4. The van der Waals surface area contributed by atoms with Gasteiger partial charge in [-0.15, -0.1) is 12.1 Å². The molecule has 0 bridgehead atoms. The van der Waals surface area contributed by atoms with Crippen LogP contribution in [0.5, 0.6) is 11.5 Å². The third kappa shape index (κ3) is 9.18. The number of rotatable bonds is 2. The molecular formula is C14H21N2O4Pt-. The molecule has 0 aliphatic rings. The normalized spacial score (nSPS) is 9.62. The van der Waals surface area contributed by atoms with E-state index in [4.69, 9.17) is 16.6 Å². The number of phenolic OH excluding ortho intramolecular Hbond substituents is 2. The van der Waals surface area contributed by atoms with Gasteiger partial charge < -0.3 is 32.6 Å². The summed E-state index contributed by atoms with van der Waals surface area (Å²) in [7, 11) is 0. The second-order valence-corrected chi connectivity index (χ2v) is 3.65. The molecule has 2 rings (SSSR count). The summed E-state index contributed by atoms with van der Waals surface area (Å²) in [5, 5.41) is 17.9. The second-order valence-electron chi connectivity index (χ2n) is 3.65. The number of benzene rings is 2. The van der Waals surface area contributed by atoms with E-state index in [9.17, 15) is 5.11 Å². The maximum absolute atomic E-state index is 9.28. The van der Waals surface area contributed by atoms with Crippen molar-refractivity contribution in [2.45, 2.75) is 6.04 Å². The number of phenols is 2. The number of aromatic hydroxyl groups is 2. The summed E-state index contributed by atoms with van der Waals surface area (Å²) < 4.78 is 0. The number of hydrogen-bond donors (Lipinski definition) is 4. The van der Waals surface area contributed by atoms with Crippen LogP contribution >= 0.6 is 0 Å². The molecule has 0 aliphatic heterocycles. The van der Waals surface area contributed by atoms with E-state index in [0.29, 0.717) is 12.1 Å². The molecule has 0 aliphatic carbocycles. The zero-order valence-electron chi connectivity index (χ0n) is 11.3. The van der Waals surface area contributed by atoms with Crippen molar-refractivity contribution in [1.82, 2.24) is 0 Å². The van der Waals surface area contributed by atoms with Crippen molar-refractivity contribution in [3.05, 3.63) is 60.2 Å². The van der Waals surface area contributed by atoms with E-state index in [1.54, 1.807) is 42.5 Å². The Bertz CT molecular complexity index is 472. The van der Waals surface area contributed by atoms with E-state index in [0.717, 1.165) is 0 Å². The summed E-state index contributed by atoms with van der Waals surface area (Å²) in [5.41, 5.74) is 11.7. The minimum absolute atomic E-state index is 0. The molecule has 0 spiro atoms. The van der Waals surface area contributed by atoms with Gasteiger partial charge in [-0.1, -0.05) is 18.2 Å². The first-order valence-electron chi connectivity index (χ1n) is 5.54. The van der Waals surface area contributed by atoms with Gasteiger partial charge in [-0.2, -0.15) is 18.2 Å². The van der Waals surface area contributed by atoms with E-state index >= 15 is 0 Å². The van der Waals surface area contributed by atoms with Gasteiger partial charge in [-0.25, -0.2) is 0 Å². The van der Waals surface area contributed by atoms with Crippen molar-refractivity contribution in [2.75, 3.05) is 6.54 Å². The summed E-state index contributed by atoms with van der Waals surface area (Å²) in [6.45, 7) is 0.345. The first-order valence-corrected chi connectivity index (χ1v) is 5.54. The van der Waals surface area contributed by atoms with Crippen molar-refractivity contribution in [3.63, 3.8) is 0 Å². The van der Waals surface area contributed by atoms with Gasteiger partial charge in [0, 0.05) is 45.0 Å². The molecule has 21 heavy (non-hydrogen) atoms. The molecule has 0 radical (unpaired) electrons. The smallest absolute Gasteiger partial charge is 0.120 e. The molecule has 7 heteroatoms. The topological polar surface area (TPSA) is 155 Å². The largest absolute Gasteiger partial charge is 0.534 e. The summed E-state index contributed by atoms with van der Waals surface area (Å²) in [6.07, 6.45) is 0. The van der Waals surface area contributed by atoms with Gasteiger partial charge >= 0.3 is 0 Å². The van der Waals surface area contributed by atoms with Crippen LogP contribution in [-0.2, 0) is 21.1 Å². The van der Waals surface area contributed by atoms with Crippen molar-refractivity contribution < 1.29 is 42.2 Å². The molecule has 0 amide bonds. The first kappa shape index (κ1) is 24.6. The minimum atomic E-state index is -0.267. The molecule has 2 aromatic carbocycles. The van der Waals surface area contributed by atoms with Gasteiger partial charge in [0.1, 0.15) is 5.75 Å². The average Bonchev–Trinajstić information content (AvgIpc) is 2.40. The van der Waals surface area contributed by atoms with E-state index in [1.807, 2.05) is 6.07 Å². The molecule has 0 saturated carbocycles. The standard InChI is InChI=1S/C8H12N2O.C6H5O.2H2O.Pt/c9-5-7(10)6-3-1-2-4-8(6)11;7-6-4-2-1-3-5-6;;;/h1-4,7,11H,5,9-10H2;1-4,7H;2*1H2;/q;-1;;;. The van der Waals surface area contributed by atoms with Gasteiger partial charge in [-0.3, -0.25) is 0 Å². The SMILES string of the molecule is NCC(N)c1ccccc1O.O.O.Oc1[c-]cccc1.[Pt]. The quantitative estimate of drug-likeness (QED) is 0.447. The molecule has 1 atom stereocenters. The van der Waals surface area contributed by atoms with Crippen LogP contribution in [0, 0.1) is 6.07 Å².